The van der Waals surface area contributed by atoms with Crippen LogP contribution < -0.4 is 0 Å². The molecule has 0 spiro atoms. The third-order valence-corrected chi connectivity index (χ3v) is 2.83. The fraction of sp³-hybridized carbons (Fsp3) is 0.667. The molecule has 1 atom stereocenters. The first-order valence-electron chi connectivity index (χ1n) is 5.70. The molecular formula is C12H20N2O3. The van der Waals surface area contributed by atoms with Crippen LogP contribution in [-0.2, 0) is 16.8 Å². The predicted octanol–water partition coefficient (Wildman–Crippen LogP) is 1.26. The van der Waals surface area contributed by atoms with Crippen LogP contribution in [0.2, 0.25) is 0 Å². The van der Waals surface area contributed by atoms with Gasteiger partial charge in [0.25, 0.3) is 0 Å². The zero-order valence-corrected chi connectivity index (χ0v) is 10.7. The summed E-state index contributed by atoms with van der Waals surface area (Å²) in [5.74, 6) is -0.807. The molecule has 0 aliphatic carbocycles. The molecule has 0 amide bonds. The van der Waals surface area contributed by atoms with Crippen molar-refractivity contribution >= 4 is 5.97 Å². The van der Waals surface area contributed by atoms with E-state index < -0.39 is 17.5 Å². The topological polar surface area (TPSA) is 75.3 Å². The van der Waals surface area contributed by atoms with Crippen LogP contribution in [0.4, 0.5) is 0 Å². The molecule has 0 aliphatic heterocycles. The average molecular weight is 240 g/mol. The van der Waals surface area contributed by atoms with E-state index in [0.29, 0.717) is 12.5 Å². The zero-order chi connectivity index (χ0) is 13.2. The first-order chi connectivity index (χ1) is 7.76. The molecule has 0 radical (unpaired) electrons. The fourth-order valence-corrected chi connectivity index (χ4v) is 1.82. The largest absolute Gasteiger partial charge is 0.479 e. The smallest absolute Gasteiger partial charge is 0.333 e. The Labute approximate surface area is 101 Å². The highest BCUT2D eigenvalue weighted by atomic mass is 16.4. The number of carbonyl (C=O) groups is 1. The molecule has 2 N–H and O–H groups in total. The Kier molecular flexibility index (Phi) is 3.93. The van der Waals surface area contributed by atoms with Crippen molar-refractivity contribution in [2.24, 2.45) is 5.92 Å². The average Bonchev–Trinajstić information content (AvgIpc) is 2.63. The van der Waals surface area contributed by atoms with Gasteiger partial charge in [-0.15, -0.1) is 0 Å². The maximum Gasteiger partial charge on any atom is 0.333 e. The molecule has 0 saturated carbocycles. The van der Waals surface area contributed by atoms with Crippen molar-refractivity contribution in [3.05, 3.63) is 18.0 Å². The second-order valence-electron chi connectivity index (χ2n) is 5.25. The van der Waals surface area contributed by atoms with Crippen LogP contribution in [0.5, 0.6) is 0 Å². The summed E-state index contributed by atoms with van der Waals surface area (Å²) >= 11 is 0. The van der Waals surface area contributed by atoms with E-state index in [1.54, 1.807) is 30.8 Å². The Morgan fingerprint density at radius 3 is 2.59 bits per heavy atom. The molecule has 96 valence electrons. The molecule has 0 bridgehead atoms. The predicted molar refractivity (Wildman–Crippen MR) is 63.7 cm³/mol. The van der Waals surface area contributed by atoms with Gasteiger partial charge in [-0.2, -0.15) is 5.10 Å². The second kappa shape index (κ2) is 4.87. The molecule has 1 aromatic heterocycles. The minimum Gasteiger partial charge on any atom is -0.479 e. The van der Waals surface area contributed by atoms with Gasteiger partial charge < -0.3 is 10.2 Å². The highest BCUT2D eigenvalue weighted by Gasteiger charge is 2.37. The van der Waals surface area contributed by atoms with E-state index >= 15 is 0 Å². The van der Waals surface area contributed by atoms with Gasteiger partial charge in [-0.05, 0) is 12.0 Å². The van der Waals surface area contributed by atoms with Gasteiger partial charge in [0.2, 0.25) is 0 Å². The number of hydrogen-bond donors (Lipinski definition) is 2. The van der Waals surface area contributed by atoms with Crippen LogP contribution in [0.3, 0.4) is 0 Å². The van der Waals surface area contributed by atoms with Gasteiger partial charge in [0.15, 0.2) is 6.10 Å². The minimum absolute atomic E-state index is 0.409. The van der Waals surface area contributed by atoms with Gasteiger partial charge in [0.1, 0.15) is 0 Å². The highest BCUT2D eigenvalue weighted by Crippen LogP contribution is 2.27. The molecule has 5 heteroatoms. The number of aliphatic carboxylic acids is 1. The Morgan fingerprint density at radius 1 is 1.53 bits per heavy atom. The van der Waals surface area contributed by atoms with Crippen LogP contribution in [0, 0.1) is 5.92 Å². The minimum atomic E-state index is -1.44. The number of carboxylic acid groups (broad SMARTS) is 1. The van der Waals surface area contributed by atoms with E-state index in [0.717, 1.165) is 5.69 Å². The quantitative estimate of drug-likeness (QED) is 0.812. The number of hydrogen-bond acceptors (Lipinski definition) is 3. The number of aromatic nitrogens is 2. The van der Waals surface area contributed by atoms with E-state index in [4.69, 9.17) is 5.11 Å². The number of nitrogens with zero attached hydrogens (tertiary/aromatic N) is 2. The number of aliphatic hydroxyl groups excluding tert-OH is 1. The lowest BCUT2D eigenvalue weighted by Crippen LogP contribution is -2.41. The molecule has 0 aromatic carbocycles. The van der Waals surface area contributed by atoms with Gasteiger partial charge in [-0.3, -0.25) is 4.68 Å². The van der Waals surface area contributed by atoms with E-state index in [1.807, 2.05) is 0 Å². The van der Waals surface area contributed by atoms with Gasteiger partial charge in [-0.1, -0.05) is 27.7 Å². The lowest BCUT2D eigenvalue weighted by molar-refractivity contribution is -0.150. The van der Waals surface area contributed by atoms with Crippen LogP contribution in [0.25, 0.3) is 0 Å². The molecule has 1 unspecified atom stereocenters. The van der Waals surface area contributed by atoms with Gasteiger partial charge in [0.05, 0.1) is 0 Å². The van der Waals surface area contributed by atoms with Crippen molar-refractivity contribution < 1.29 is 15.0 Å². The summed E-state index contributed by atoms with van der Waals surface area (Å²) in [7, 11) is 0. The molecule has 1 rings (SSSR count). The van der Waals surface area contributed by atoms with Crippen LogP contribution >= 0.6 is 0 Å². The Balaban J connectivity index is 3.06. The molecule has 1 heterocycles. The normalized spacial score (nSPS) is 14.0. The van der Waals surface area contributed by atoms with Crippen LogP contribution in [-0.4, -0.2) is 32.1 Å². The number of aliphatic hydroxyl groups is 1. The lowest BCUT2D eigenvalue weighted by atomic mass is 9.83. The molecule has 0 fully saturated rings. The van der Waals surface area contributed by atoms with E-state index in [1.165, 1.54) is 0 Å². The molecule has 17 heavy (non-hydrogen) atoms. The van der Waals surface area contributed by atoms with Gasteiger partial charge in [0, 0.05) is 23.9 Å². The summed E-state index contributed by atoms with van der Waals surface area (Å²) in [6, 6.07) is 1.76. The van der Waals surface area contributed by atoms with Crippen molar-refractivity contribution in [3.8, 4) is 0 Å². The molecule has 5 nitrogen and oxygen atoms in total. The zero-order valence-electron chi connectivity index (χ0n) is 10.7. The Bertz CT molecular complexity index is 396. The summed E-state index contributed by atoms with van der Waals surface area (Å²) in [6.45, 7) is 8.25. The highest BCUT2D eigenvalue weighted by molar-refractivity contribution is 5.74. The first-order valence-corrected chi connectivity index (χ1v) is 5.70. The summed E-state index contributed by atoms with van der Waals surface area (Å²) in [6.07, 6.45) is 0.193. The number of rotatable bonds is 5. The van der Waals surface area contributed by atoms with E-state index in [-0.39, 0.29) is 0 Å². The third kappa shape index (κ3) is 2.85. The molecule has 0 saturated heterocycles. The van der Waals surface area contributed by atoms with E-state index in [9.17, 15) is 9.90 Å². The summed E-state index contributed by atoms with van der Waals surface area (Å²) in [4.78, 5) is 10.9. The lowest BCUT2D eigenvalue weighted by Gasteiger charge is -2.28. The van der Waals surface area contributed by atoms with Crippen molar-refractivity contribution in [3.63, 3.8) is 0 Å². The molecule has 0 aliphatic rings. The SMILES string of the molecule is CC(C)Cn1nccc1C(C)(C)C(O)C(=O)O. The van der Waals surface area contributed by atoms with Gasteiger partial charge >= 0.3 is 5.97 Å². The Hall–Kier alpha value is -1.36. The maximum atomic E-state index is 10.9. The first kappa shape index (κ1) is 13.7. The second-order valence-corrected chi connectivity index (χ2v) is 5.25. The molecule has 1 aromatic rings. The van der Waals surface area contributed by atoms with Crippen LogP contribution in [0.1, 0.15) is 33.4 Å². The van der Waals surface area contributed by atoms with Crippen molar-refractivity contribution in [2.45, 2.75) is 45.8 Å². The van der Waals surface area contributed by atoms with Crippen LogP contribution in [0.15, 0.2) is 12.3 Å². The third-order valence-electron chi connectivity index (χ3n) is 2.83. The summed E-state index contributed by atoms with van der Waals surface area (Å²) in [5, 5.41) is 22.8. The monoisotopic (exact) mass is 240 g/mol. The summed E-state index contributed by atoms with van der Waals surface area (Å²) in [5.41, 5.74) is -0.127. The number of carboxylic acids is 1. The fourth-order valence-electron chi connectivity index (χ4n) is 1.82. The Morgan fingerprint density at radius 2 is 2.12 bits per heavy atom. The molecular weight excluding hydrogens is 220 g/mol. The van der Waals surface area contributed by atoms with Crippen molar-refractivity contribution in [1.29, 1.82) is 0 Å². The maximum absolute atomic E-state index is 10.9. The standard InChI is InChI=1S/C12H20N2O3/c1-8(2)7-14-9(5-6-13-14)12(3,4)10(15)11(16)17/h5-6,8,10,15H,7H2,1-4H3,(H,16,17). The van der Waals surface area contributed by atoms with Gasteiger partial charge in [-0.25, -0.2) is 4.79 Å². The van der Waals surface area contributed by atoms with Crippen molar-refractivity contribution in [2.75, 3.05) is 0 Å². The van der Waals surface area contributed by atoms with E-state index in [2.05, 4.69) is 18.9 Å². The summed E-state index contributed by atoms with van der Waals surface area (Å²) < 4.78 is 1.76. The van der Waals surface area contributed by atoms with Crippen molar-refractivity contribution in [1.82, 2.24) is 9.78 Å².